The third-order valence-corrected chi connectivity index (χ3v) is 3.22. The highest BCUT2D eigenvalue weighted by Crippen LogP contribution is 2.23. The Morgan fingerprint density at radius 1 is 1.05 bits per heavy atom. The second-order valence-electron chi connectivity index (χ2n) is 4.87. The molecule has 0 bridgehead atoms. The molecule has 2 nitrogen and oxygen atoms in total. The third-order valence-electron chi connectivity index (χ3n) is 3.22. The van der Waals surface area contributed by atoms with Crippen LogP contribution >= 0.6 is 0 Å². The molecule has 0 unspecified atom stereocenters. The molecule has 0 atom stereocenters. The van der Waals surface area contributed by atoms with Crippen molar-refractivity contribution in [3.8, 4) is 11.1 Å². The minimum Gasteiger partial charge on any atom is -0.310 e. The van der Waals surface area contributed by atoms with Crippen molar-refractivity contribution in [1.82, 2.24) is 10.3 Å². The Balaban J connectivity index is 1.82. The zero-order valence-electron chi connectivity index (χ0n) is 10.4. The van der Waals surface area contributed by atoms with E-state index in [1.54, 1.807) is 18.5 Å². The van der Waals surface area contributed by atoms with E-state index in [-0.39, 0.29) is 0 Å². The first-order valence-corrected chi connectivity index (χ1v) is 6.35. The molecule has 0 saturated heterocycles. The summed E-state index contributed by atoms with van der Waals surface area (Å²) in [6.45, 7) is 0.759. The molecule has 1 N–H and O–H groups in total. The summed E-state index contributed by atoms with van der Waals surface area (Å²) in [5, 5.41) is 3.40. The molecule has 0 amide bonds. The molecule has 2 aromatic rings. The van der Waals surface area contributed by atoms with Gasteiger partial charge in [-0.3, -0.25) is 4.98 Å². The Morgan fingerprint density at radius 3 is 2.63 bits per heavy atom. The van der Waals surface area contributed by atoms with E-state index in [9.17, 15) is 8.78 Å². The van der Waals surface area contributed by atoms with Crippen molar-refractivity contribution in [2.75, 3.05) is 0 Å². The van der Waals surface area contributed by atoms with Gasteiger partial charge in [0.1, 0.15) is 0 Å². The summed E-state index contributed by atoms with van der Waals surface area (Å²) < 4.78 is 26.1. The lowest BCUT2D eigenvalue weighted by Crippen LogP contribution is -2.15. The number of nitrogens with one attached hydrogen (secondary N) is 1. The van der Waals surface area contributed by atoms with E-state index in [1.807, 2.05) is 6.07 Å². The molecule has 19 heavy (non-hydrogen) atoms. The summed E-state index contributed by atoms with van der Waals surface area (Å²) in [6, 6.07) is 6.49. The minimum atomic E-state index is -0.834. The van der Waals surface area contributed by atoms with Gasteiger partial charge in [0.2, 0.25) is 0 Å². The van der Waals surface area contributed by atoms with Crippen LogP contribution in [0.25, 0.3) is 11.1 Å². The maximum absolute atomic E-state index is 13.2. The van der Waals surface area contributed by atoms with Gasteiger partial charge in [-0.15, -0.1) is 0 Å². The number of aromatic nitrogens is 1. The molecule has 1 fully saturated rings. The van der Waals surface area contributed by atoms with Crippen LogP contribution in [-0.2, 0) is 6.54 Å². The van der Waals surface area contributed by atoms with Gasteiger partial charge in [0.15, 0.2) is 11.6 Å². The van der Waals surface area contributed by atoms with Gasteiger partial charge in [0.05, 0.1) is 0 Å². The number of pyridine rings is 1. The number of hydrogen-bond acceptors (Lipinski definition) is 2. The largest absolute Gasteiger partial charge is 0.310 e. The smallest absolute Gasteiger partial charge is 0.159 e. The molecule has 1 aliphatic carbocycles. The summed E-state index contributed by atoms with van der Waals surface area (Å²) in [5.41, 5.74) is 2.49. The fourth-order valence-electron chi connectivity index (χ4n) is 1.97. The fourth-order valence-corrected chi connectivity index (χ4v) is 1.97. The van der Waals surface area contributed by atoms with Crippen LogP contribution < -0.4 is 5.32 Å². The molecular weight excluding hydrogens is 246 g/mol. The van der Waals surface area contributed by atoms with Gasteiger partial charge in [0, 0.05) is 30.5 Å². The molecule has 4 heteroatoms. The van der Waals surface area contributed by atoms with Gasteiger partial charge in [-0.1, -0.05) is 6.07 Å². The zero-order valence-corrected chi connectivity index (χ0v) is 10.4. The Kier molecular flexibility index (Phi) is 3.25. The molecule has 0 radical (unpaired) electrons. The van der Waals surface area contributed by atoms with E-state index in [1.165, 1.54) is 18.9 Å². The zero-order chi connectivity index (χ0) is 13.2. The van der Waals surface area contributed by atoms with E-state index in [2.05, 4.69) is 10.3 Å². The highest BCUT2D eigenvalue weighted by atomic mass is 19.2. The van der Waals surface area contributed by atoms with Crippen LogP contribution in [0.3, 0.4) is 0 Å². The number of nitrogens with zero attached hydrogens (tertiary/aromatic N) is 1. The molecule has 1 aliphatic rings. The second-order valence-corrected chi connectivity index (χ2v) is 4.87. The van der Waals surface area contributed by atoms with E-state index in [0.29, 0.717) is 11.6 Å². The van der Waals surface area contributed by atoms with Gasteiger partial charge in [-0.05, 0) is 42.2 Å². The van der Waals surface area contributed by atoms with Crippen LogP contribution in [0.4, 0.5) is 8.78 Å². The van der Waals surface area contributed by atoms with Gasteiger partial charge in [-0.2, -0.15) is 0 Å². The molecule has 3 rings (SSSR count). The predicted molar refractivity (Wildman–Crippen MR) is 69.5 cm³/mol. The van der Waals surface area contributed by atoms with Gasteiger partial charge < -0.3 is 5.32 Å². The van der Waals surface area contributed by atoms with E-state index >= 15 is 0 Å². The molecule has 1 aromatic heterocycles. The number of benzene rings is 1. The summed E-state index contributed by atoms with van der Waals surface area (Å²) in [4.78, 5) is 4.16. The first-order valence-electron chi connectivity index (χ1n) is 6.35. The van der Waals surface area contributed by atoms with E-state index in [4.69, 9.17) is 0 Å². The molecule has 0 spiro atoms. The normalized spacial score (nSPS) is 14.6. The van der Waals surface area contributed by atoms with Gasteiger partial charge in [-0.25, -0.2) is 8.78 Å². The summed E-state index contributed by atoms with van der Waals surface area (Å²) in [5.74, 6) is -1.66. The predicted octanol–water partition coefficient (Wildman–Crippen LogP) is 3.28. The van der Waals surface area contributed by atoms with Crippen molar-refractivity contribution in [2.24, 2.45) is 0 Å². The Bertz CT molecular complexity index is 594. The Hall–Kier alpha value is -1.81. The van der Waals surface area contributed by atoms with Crippen molar-refractivity contribution in [2.45, 2.75) is 25.4 Å². The molecule has 98 valence electrons. The first-order chi connectivity index (χ1) is 9.22. The lowest BCUT2D eigenvalue weighted by atomic mass is 10.1. The van der Waals surface area contributed by atoms with Crippen LogP contribution in [0.2, 0.25) is 0 Å². The van der Waals surface area contributed by atoms with Crippen molar-refractivity contribution in [3.05, 3.63) is 53.9 Å². The lowest BCUT2D eigenvalue weighted by Gasteiger charge is -2.06. The Labute approximate surface area is 110 Å². The summed E-state index contributed by atoms with van der Waals surface area (Å²) in [7, 11) is 0. The second kappa shape index (κ2) is 5.05. The van der Waals surface area contributed by atoms with Gasteiger partial charge >= 0.3 is 0 Å². The molecule has 1 heterocycles. The molecule has 1 aromatic carbocycles. The first kappa shape index (κ1) is 12.2. The highest BCUT2D eigenvalue weighted by molar-refractivity contribution is 5.63. The average molecular weight is 260 g/mol. The maximum atomic E-state index is 13.2. The minimum absolute atomic E-state index is 0.631. The molecule has 1 saturated carbocycles. The van der Waals surface area contributed by atoms with Crippen LogP contribution in [0.1, 0.15) is 18.4 Å². The summed E-state index contributed by atoms with van der Waals surface area (Å²) >= 11 is 0. The van der Waals surface area contributed by atoms with Crippen LogP contribution in [0.5, 0.6) is 0 Å². The van der Waals surface area contributed by atoms with Crippen LogP contribution in [-0.4, -0.2) is 11.0 Å². The van der Waals surface area contributed by atoms with Crippen molar-refractivity contribution in [1.29, 1.82) is 0 Å². The Morgan fingerprint density at radius 2 is 1.89 bits per heavy atom. The van der Waals surface area contributed by atoms with E-state index in [0.717, 1.165) is 23.7 Å². The highest BCUT2D eigenvalue weighted by Gasteiger charge is 2.19. The quantitative estimate of drug-likeness (QED) is 0.912. The average Bonchev–Trinajstić information content (AvgIpc) is 3.24. The monoisotopic (exact) mass is 260 g/mol. The number of hydrogen-bond donors (Lipinski definition) is 1. The number of halogens is 2. The standard InChI is InChI=1S/C15H14F2N2/c16-14-4-1-11(6-15(14)17)12-5-10(7-18-9-12)8-19-13-2-3-13/h1,4-7,9,13,19H,2-3,8H2. The number of rotatable bonds is 4. The SMILES string of the molecule is Fc1ccc(-c2cncc(CNC3CC3)c2)cc1F. The summed E-state index contributed by atoms with van der Waals surface area (Å²) in [6.07, 6.45) is 5.92. The van der Waals surface area contributed by atoms with Crippen molar-refractivity contribution in [3.63, 3.8) is 0 Å². The third kappa shape index (κ3) is 2.96. The van der Waals surface area contributed by atoms with Crippen molar-refractivity contribution >= 4 is 0 Å². The van der Waals surface area contributed by atoms with Crippen molar-refractivity contribution < 1.29 is 8.78 Å². The van der Waals surface area contributed by atoms with Gasteiger partial charge in [0.25, 0.3) is 0 Å². The molecule has 0 aliphatic heterocycles. The van der Waals surface area contributed by atoms with Crippen LogP contribution in [0.15, 0.2) is 36.7 Å². The maximum Gasteiger partial charge on any atom is 0.159 e. The van der Waals surface area contributed by atoms with Crippen LogP contribution in [0, 0.1) is 11.6 Å². The lowest BCUT2D eigenvalue weighted by molar-refractivity contribution is 0.509. The topological polar surface area (TPSA) is 24.9 Å². The van der Waals surface area contributed by atoms with E-state index < -0.39 is 11.6 Å². The molecular formula is C15H14F2N2. The fraction of sp³-hybridized carbons (Fsp3) is 0.267.